The van der Waals surface area contributed by atoms with Crippen molar-refractivity contribution in [3.63, 3.8) is 0 Å². The minimum absolute atomic E-state index is 0.219. The smallest absolute Gasteiger partial charge is 0.333 e. The molecular weight excluding hydrogens is 256 g/mol. The Morgan fingerprint density at radius 1 is 1.35 bits per heavy atom. The predicted octanol–water partition coefficient (Wildman–Crippen LogP) is 2.52. The number of hydrogen-bond donors (Lipinski definition) is 2. The first-order valence-electron chi connectivity index (χ1n) is 7.43. The number of esters is 1. The van der Waals surface area contributed by atoms with E-state index >= 15 is 0 Å². The van der Waals surface area contributed by atoms with Gasteiger partial charge in [0.1, 0.15) is 6.04 Å². The molecule has 20 heavy (non-hydrogen) atoms. The number of hydrogen-bond acceptors (Lipinski definition) is 3. The fraction of sp³-hybridized carbons (Fsp3) is 0.733. The highest BCUT2D eigenvalue weighted by molar-refractivity contribution is 5.86. The van der Waals surface area contributed by atoms with Gasteiger partial charge in [-0.25, -0.2) is 9.59 Å². The molecule has 1 aliphatic carbocycles. The monoisotopic (exact) mass is 282 g/mol. The summed E-state index contributed by atoms with van der Waals surface area (Å²) in [5, 5.41) is 5.53. The zero-order chi connectivity index (χ0) is 15.0. The Morgan fingerprint density at radius 3 is 2.55 bits per heavy atom. The topological polar surface area (TPSA) is 67.4 Å². The summed E-state index contributed by atoms with van der Waals surface area (Å²) in [5.74, 6) is -0.437. The summed E-state index contributed by atoms with van der Waals surface area (Å²) in [5.41, 5.74) is 0.577. The van der Waals surface area contributed by atoms with E-state index in [2.05, 4.69) is 17.2 Å². The van der Waals surface area contributed by atoms with Crippen molar-refractivity contribution >= 4 is 12.0 Å². The summed E-state index contributed by atoms with van der Waals surface area (Å²) in [6, 6.07) is -0.873. The maximum Gasteiger partial charge on any atom is 0.333 e. The molecule has 0 spiro atoms. The number of urea groups is 1. The SMILES string of the molecule is C=C(C)[C@H](NC(=O)NC1CCCC1)C(=O)OCCCC. The summed E-state index contributed by atoms with van der Waals surface area (Å²) in [4.78, 5) is 23.8. The Hall–Kier alpha value is -1.52. The molecule has 1 rings (SSSR count). The van der Waals surface area contributed by atoms with E-state index < -0.39 is 12.0 Å². The van der Waals surface area contributed by atoms with Crippen molar-refractivity contribution < 1.29 is 14.3 Å². The van der Waals surface area contributed by atoms with Gasteiger partial charge in [-0.15, -0.1) is 0 Å². The molecular formula is C15H26N2O3. The van der Waals surface area contributed by atoms with Gasteiger partial charge in [-0.3, -0.25) is 0 Å². The Labute approximate surface area is 121 Å². The highest BCUT2D eigenvalue weighted by Gasteiger charge is 2.24. The number of rotatable bonds is 7. The lowest BCUT2D eigenvalue weighted by Gasteiger charge is -2.20. The van der Waals surface area contributed by atoms with Gasteiger partial charge in [-0.1, -0.05) is 32.8 Å². The van der Waals surface area contributed by atoms with Crippen molar-refractivity contribution in [2.75, 3.05) is 6.61 Å². The Bertz CT molecular complexity index is 349. The molecule has 1 aliphatic rings. The first kappa shape index (κ1) is 16.5. The minimum atomic E-state index is -0.770. The molecule has 0 aromatic carbocycles. The van der Waals surface area contributed by atoms with Crippen LogP contribution in [0, 0.1) is 0 Å². The van der Waals surface area contributed by atoms with Gasteiger partial charge in [0.2, 0.25) is 0 Å². The number of nitrogens with one attached hydrogen (secondary N) is 2. The number of carbonyl (C=O) groups excluding carboxylic acids is 2. The van der Waals surface area contributed by atoms with Crippen LogP contribution in [0.15, 0.2) is 12.2 Å². The van der Waals surface area contributed by atoms with Gasteiger partial charge >= 0.3 is 12.0 Å². The van der Waals surface area contributed by atoms with Gasteiger partial charge in [0.25, 0.3) is 0 Å². The third-order valence-electron chi connectivity index (χ3n) is 3.44. The maximum absolute atomic E-state index is 11.9. The average molecular weight is 282 g/mol. The van der Waals surface area contributed by atoms with Crippen LogP contribution in [0.1, 0.15) is 52.4 Å². The molecule has 114 valence electrons. The zero-order valence-corrected chi connectivity index (χ0v) is 12.5. The lowest BCUT2D eigenvalue weighted by atomic mass is 10.1. The minimum Gasteiger partial charge on any atom is -0.464 e. The molecule has 0 radical (unpaired) electrons. The Balaban J connectivity index is 2.42. The molecule has 5 nitrogen and oxygen atoms in total. The molecule has 0 unspecified atom stereocenters. The predicted molar refractivity (Wildman–Crippen MR) is 78.4 cm³/mol. The second-order valence-corrected chi connectivity index (χ2v) is 5.40. The highest BCUT2D eigenvalue weighted by Crippen LogP contribution is 2.17. The number of amides is 2. The first-order chi connectivity index (χ1) is 9.54. The Morgan fingerprint density at radius 2 is 2.00 bits per heavy atom. The lowest BCUT2D eigenvalue weighted by molar-refractivity contribution is -0.144. The van der Waals surface area contributed by atoms with E-state index in [0.29, 0.717) is 12.2 Å². The third-order valence-corrected chi connectivity index (χ3v) is 3.44. The van der Waals surface area contributed by atoms with Crippen LogP contribution < -0.4 is 10.6 Å². The van der Waals surface area contributed by atoms with Crippen LogP contribution in [0.3, 0.4) is 0 Å². The standard InChI is InChI=1S/C15H26N2O3/c1-4-5-10-20-14(18)13(11(2)3)17-15(19)16-12-8-6-7-9-12/h12-13H,2,4-10H2,1,3H3,(H2,16,17,19)/t13-/m0/s1. The molecule has 5 heteroatoms. The second kappa shape index (κ2) is 8.61. The van der Waals surface area contributed by atoms with Crippen LogP contribution in [-0.4, -0.2) is 30.7 Å². The quantitative estimate of drug-likeness (QED) is 0.428. The van der Waals surface area contributed by atoms with Gasteiger partial charge in [0, 0.05) is 6.04 Å². The molecule has 0 aliphatic heterocycles. The van der Waals surface area contributed by atoms with E-state index in [1.54, 1.807) is 6.92 Å². The molecule has 0 heterocycles. The second-order valence-electron chi connectivity index (χ2n) is 5.40. The normalized spacial score (nSPS) is 16.5. The average Bonchev–Trinajstić information content (AvgIpc) is 2.88. The molecule has 2 N–H and O–H groups in total. The molecule has 2 amide bonds. The summed E-state index contributed by atoms with van der Waals surface area (Å²) in [6.45, 7) is 7.86. The molecule has 1 fully saturated rings. The van der Waals surface area contributed by atoms with Gasteiger partial charge in [-0.05, 0) is 31.8 Å². The van der Waals surface area contributed by atoms with Gasteiger partial charge in [0.05, 0.1) is 6.61 Å². The molecule has 0 aromatic heterocycles. The molecule has 1 saturated carbocycles. The summed E-state index contributed by atoms with van der Waals surface area (Å²) in [7, 11) is 0. The van der Waals surface area contributed by atoms with Crippen LogP contribution in [-0.2, 0) is 9.53 Å². The Kier molecular flexibility index (Phi) is 7.12. The van der Waals surface area contributed by atoms with Gasteiger partial charge < -0.3 is 15.4 Å². The van der Waals surface area contributed by atoms with Crippen LogP contribution >= 0.6 is 0 Å². The summed E-state index contributed by atoms with van der Waals surface area (Å²) in [6.07, 6.45) is 6.09. The van der Waals surface area contributed by atoms with Crippen molar-refractivity contribution in [3.8, 4) is 0 Å². The van der Waals surface area contributed by atoms with Crippen molar-refractivity contribution in [2.24, 2.45) is 0 Å². The summed E-state index contributed by atoms with van der Waals surface area (Å²) < 4.78 is 5.13. The van der Waals surface area contributed by atoms with Gasteiger partial charge in [-0.2, -0.15) is 0 Å². The maximum atomic E-state index is 11.9. The highest BCUT2D eigenvalue weighted by atomic mass is 16.5. The molecule has 0 aromatic rings. The molecule has 1 atom stereocenters. The lowest BCUT2D eigenvalue weighted by Crippen LogP contribution is -2.49. The molecule has 0 bridgehead atoms. The van der Waals surface area contributed by atoms with E-state index in [0.717, 1.165) is 38.5 Å². The van der Waals surface area contributed by atoms with Crippen molar-refractivity contribution in [1.82, 2.24) is 10.6 Å². The first-order valence-corrected chi connectivity index (χ1v) is 7.43. The number of ether oxygens (including phenoxy) is 1. The zero-order valence-electron chi connectivity index (χ0n) is 12.5. The van der Waals surface area contributed by atoms with E-state index in [1.165, 1.54) is 0 Å². The third kappa shape index (κ3) is 5.63. The largest absolute Gasteiger partial charge is 0.464 e. The summed E-state index contributed by atoms with van der Waals surface area (Å²) >= 11 is 0. The fourth-order valence-electron chi connectivity index (χ4n) is 2.21. The van der Waals surface area contributed by atoms with Crippen molar-refractivity contribution in [2.45, 2.75) is 64.5 Å². The van der Waals surface area contributed by atoms with Crippen LogP contribution in [0.2, 0.25) is 0 Å². The van der Waals surface area contributed by atoms with Crippen LogP contribution in [0.25, 0.3) is 0 Å². The van der Waals surface area contributed by atoms with E-state index in [4.69, 9.17) is 4.74 Å². The van der Waals surface area contributed by atoms with Crippen LogP contribution in [0.4, 0.5) is 4.79 Å². The van der Waals surface area contributed by atoms with Crippen LogP contribution in [0.5, 0.6) is 0 Å². The number of carbonyl (C=O) groups is 2. The fourth-order valence-corrected chi connectivity index (χ4v) is 2.21. The van der Waals surface area contributed by atoms with E-state index in [-0.39, 0.29) is 12.1 Å². The van der Waals surface area contributed by atoms with E-state index in [9.17, 15) is 9.59 Å². The van der Waals surface area contributed by atoms with Gasteiger partial charge in [0.15, 0.2) is 0 Å². The van der Waals surface area contributed by atoms with Crippen molar-refractivity contribution in [3.05, 3.63) is 12.2 Å². The van der Waals surface area contributed by atoms with E-state index in [1.807, 2.05) is 6.92 Å². The number of unbranched alkanes of at least 4 members (excludes halogenated alkanes) is 1. The van der Waals surface area contributed by atoms with Crippen molar-refractivity contribution in [1.29, 1.82) is 0 Å². The molecule has 0 saturated heterocycles.